The Morgan fingerprint density at radius 1 is 1.00 bits per heavy atom. The summed E-state index contributed by atoms with van der Waals surface area (Å²) in [5.74, 6) is 0. The van der Waals surface area contributed by atoms with Crippen LogP contribution in [-0.4, -0.2) is 0 Å². The third-order valence-corrected chi connectivity index (χ3v) is 2.88. The van der Waals surface area contributed by atoms with E-state index in [1.165, 1.54) is 22.3 Å². The molecule has 0 aromatic heterocycles. The van der Waals surface area contributed by atoms with E-state index in [0.717, 1.165) is 26.1 Å². The minimum atomic E-state index is 0.826. The van der Waals surface area contributed by atoms with E-state index >= 15 is 0 Å². The molecule has 2 rings (SSSR count). The lowest BCUT2D eigenvalue weighted by Gasteiger charge is -2.08. The van der Waals surface area contributed by atoms with E-state index in [-0.39, 0.29) is 0 Å². The van der Waals surface area contributed by atoms with Crippen molar-refractivity contribution in [3.8, 4) is 0 Å². The largest absolute Gasteiger partial charge is 0.372 e. The van der Waals surface area contributed by atoms with Crippen LogP contribution in [0.1, 0.15) is 36.1 Å². The predicted molar refractivity (Wildman–Crippen MR) is 53.7 cm³/mol. The number of benzene rings is 1. The second-order valence-electron chi connectivity index (χ2n) is 3.54. The van der Waals surface area contributed by atoms with Gasteiger partial charge in [0.25, 0.3) is 0 Å². The van der Waals surface area contributed by atoms with Crippen LogP contribution in [0.15, 0.2) is 12.1 Å². The van der Waals surface area contributed by atoms with Crippen molar-refractivity contribution in [1.82, 2.24) is 0 Å². The highest BCUT2D eigenvalue weighted by molar-refractivity contribution is 5.42. The fourth-order valence-corrected chi connectivity index (χ4v) is 2.07. The van der Waals surface area contributed by atoms with Crippen LogP contribution in [0.5, 0.6) is 0 Å². The van der Waals surface area contributed by atoms with E-state index in [1.54, 1.807) is 0 Å². The molecule has 1 aromatic carbocycles. The van der Waals surface area contributed by atoms with Gasteiger partial charge in [-0.25, -0.2) is 0 Å². The lowest BCUT2D eigenvalue weighted by molar-refractivity contribution is 0.134. The van der Waals surface area contributed by atoms with Gasteiger partial charge in [0.1, 0.15) is 0 Å². The fraction of sp³-hybridized carbons (Fsp3) is 0.500. The molecular formula is C12H16O. The Bertz CT molecular complexity index is 284. The summed E-state index contributed by atoms with van der Waals surface area (Å²) in [6, 6.07) is 4.51. The first-order valence-corrected chi connectivity index (χ1v) is 5.07. The first kappa shape index (κ1) is 8.76. The van der Waals surface area contributed by atoms with Crippen molar-refractivity contribution in [1.29, 1.82) is 0 Å². The van der Waals surface area contributed by atoms with Gasteiger partial charge in [0.05, 0.1) is 13.2 Å². The van der Waals surface area contributed by atoms with E-state index in [9.17, 15) is 0 Å². The van der Waals surface area contributed by atoms with Crippen molar-refractivity contribution in [2.45, 2.75) is 39.9 Å². The molecule has 1 heteroatoms. The monoisotopic (exact) mass is 176 g/mol. The van der Waals surface area contributed by atoms with Crippen LogP contribution in [0.4, 0.5) is 0 Å². The van der Waals surface area contributed by atoms with Crippen LogP contribution >= 0.6 is 0 Å². The average molecular weight is 176 g/mol. The molecule has 0 bridgehead atoms. The van der Waals surface area contributed by atoms with Crippen LogP contribution < -0.4 is 0 Å². The summed E-state index contributed by atoms with van der Waals surface area (Å²) in [4.78, 5) is 0. The van der Waals surface area contributed by atoms with Crippen LogP contribution in [-0.2, 0) is 30.8 Å². The van der Waals surface area contributed by atoms with Crippen molar-refractivity contribution in [3.05, 3.63) is 34.4 Å². The SMILES string of the molecule is CCc1ccc(CC)c2c1COC2. The Labute approximate surface area is 79.7 Å². The van der Waals surface area contributed by atoms with Gasteiger partial charge in [0.15, 0.2) is 0 Å². The topological polar surface area (TPSA) is 9.23 Å². The Morgan fingerprint density at radius 2 is 1.46 bits per heavy atom. The van der Waals surface area contributed by atoms with Gasteiger partial charge in [-0.3, -0.25) is 0 Å². The second-order valence-corrected chi connectivity index (χ2v) is 3.54. The second kappa shape index (κ2) is 3.51. The van der Waals surface area contributed by atoms with Gasteiger partial charge in [0.2, 0.25) is 0 Å². The molecule has 0 saturated carbocycles. The summed E-state index contributed by atoms with van der Waals surface area (Å²) in [6.07, 6.45) is 2.24. The molecule has 0 unspecified atom stereocenters. The summed E-state index contributed by atoms with van der Waals surface area (Å²) in [5, 5.41) is 0. The predicted octanol–water partition coefficient (Wildman–Crippen LogP) is 2.84. The maximum atomic E-state index is 5.50. The van der Waals surface area contributed by atoms with Gasteiger partial charge in [0, 0.05) is 0 Å². The summed E-state index contributed by atoms with van der Waals surface area (Å²) in [5.41, 5.74) is 5.85. The molecule has 0 amide bonds. The van der Waals surface area contributed by atoms with Crippen molar-refractivity contribution in [2.24, 2.45) is 0 Å². The molecule has 0 spiro atoms. The number of aryl methyl sites for hydroxylation is 2. The number of rotatable bonds is 2. The van der Waals surface area contributed by atoms with Crippen molar-refractivity contribution < 1.29 is 4.74 Å². The zero-order valence-electron chi connectivity index (χ0n) is 8.39. The minimum Gasteiger partial charge on any atom is -0.372 e. The summed E-state index contributed by atoms with van der Waals surface area (Å²) < 4.78 is 5.50. The normalized spacial score (nSPS) is 14.6. The Morgan fingerprint density at radius 3 is 1.85 bits per heavy atom. The molecule has 0 saturated heterocycles. The minimum absolute atomic E-state index is 0.826. The highest BCUT2D eigenvalue weighted by atomic mass is 16.5. The molecule has 0 N–H and O–H groups in total. The first-order valence-electron chi connectivity index (χ1n) is 5.07. The van der Waals surface area contributed by atoms with Gasteiger partial charge in [-0.2, -0.15) is 0 Å². The number of hydrogen-bond donors (Lipinski definition) is 0. The first-order chi connectivity index (χ1) is 6.36. The molecule has 0 atom stereocenters. The lowest BCUT2D eigenvalue weighted by Crippen LogP contribution is -1.96. The smallest absolute Gasteiger partial charge is 0.0727 e. The van der Waals surface area contributed by atoms with Gasteiger partial charge < -0.3 is 4.74 Å². The Kier molecular flexibility index (Phi) is 2.36. The van der Waals surface area contributed by atoms with E-state index in [0.29, 0.717) is 0 Å². The number of fused-ring (bicyclic) bond motifs is 1. The highest BCUT2D eigenvalue weighted by Crippen LogP contribution is 2.27. The number of hydrogen-bond acceptors (Lipinski definition) is 1. The zero-order valence-corrected chi connectivity index (χ0v) is 8.39. The molecule has 13 heavy (non-hydrogen) atoms. The van der Waals surface area contributed by atoms with Crippen molar-refractivity contribution in [3.63, 3.8) is 0 Å². The van der Waals surface area contributed by atoms with Crippen molar-refractivity contribution in [2.75, 3.05) is 0 Å². The molecule has 0 fully saturated rings. The van der Waals surface area contributed by atoms with Gasteiger partial charge in [-0.1, -0.05) is 26.0 Å². The van der Waals surface area contributed by atoms with Crippen LogP contribution in [0.3, 0.4) is 0 Å². The quantitative estimate of drug-likeness (QED) is 0.673. The van der Waals surface area contributed by atoms with E-state index < -0.39 is 0 Å². The molecule has 70 valence electrons. The fourth-order valence-electron chi connectivity index (χ4n) is 2.07. The maximum Gasteiger partial charge on any atom is 0.0727 e. The molecule has 0 radical (unpaired) electrons. The lowest BCUT2D eigenvalue weighted by atomic mass is 9.96. The van der Waals surface area contributed by atoms with E-state index in [4.69, 9.17) is 4.74 Å². The standard InChI is InChI=1S/C12H16O/c1-3-9-5-6-10(4-2)12-8-13-7-11(9)12/h5-6H,3-4,7-8H2,1-2H3. The van der Waals surface area contributed by atoms with E-state index in [1.807, 2.05) is 0 Å². The molecule has 1 nitrogen and oxygen atoms in total. The highest BCUT2D eigenvalue weighted by Gasteiger charge is 2.16. The molecule has 0 aliphatic carbocycles. The van der Waals surface area contributed by atoms with Crippen LogP contribution in [0, 0.1) is 0 Å². The summed E-state index contributed by atoms with van der Waals surface area (Å²) in [6.45, 7) is 6.07. The molecular weight excluding hydrogens is 160 g/mol. The summed E-state index contributed by atoms with van der Waals surface area (Å²) in [7, 11) is 0. The Hall–Kier alpha value is -0.820. The molecule has 1 heterocycles. The third-order valence-electron chi connectivity index (χ3n) is 2.88. The number of ether oxygens (including phenoxy) is 1. The summed E-state index contributed by atoms with van der Waals surface area (Å²) >= 11 is 0. The van der Waals surface area contributed by atoms with Gasteiger partial charge in [-0.15, -0.1) is 0 Å². The molecule has 1 aromatic rings. The van der Waals surface area contributed by atoms with E-state index in [2.05, 4.69) is 26.0 Å². The Balaban J connectivity index is 2.52. The zero-order chi connectivity index (χ0) is 9.26. The molecule has 1 aliphatic heterocycles. The van der Waals surface area contributed by atoms with Crippen LogP contribution in [0.2, 0.25) is 0 Å². The van der Waals surface area contributed by atoms with Gasteiger partial charge in [-0.05, 0) is 35.1 Å². The average Bonchev–Trinajstić information content (AvgIpc) is 2.64. The van der Waals surface area contributed by atoms with Gasteiger partial charge >= 0.3 is 0 Å². The van der Waals surface area contributed by atoms with Crippen LogP contribution in [0.25, 0.3) is 0 Å². The van der Waals surface area contributed by atoms with Crippen molar-refractivity contribution >= 4 is 0 Å². The third kappa shape index (κ3) is 1.37. The maximum absolute atomic E-state index is 5.50. The molecule has 1 aliphatic rings.